The Balaban J connectivity index is 1.57. The number of piperazine rings is 1. The van der Waals surface area contributed by atoms with Crippen LogP contribution in [0.15, 0.2) is 33.6 Å². The lowest BCUT2D eigenvalue weighted by atomic mass is 9.95. The minimum Gasteiger partial charge on any atom is -0.351 e. The van der Waals surface area contributed by atoms with E-state index in [0.717, 1.165) is 0 Å². The molecular weight excluding hydrogens is 436 g/mol. The lowest BCUT2D eigenvalue weighted by molar-refractivity contribution is -0.138. The Labute approximate surface area is 167 Å². The summed E-state index contributed by atoms with van der Waals surface area (Å²) in [5.74, 6) is -0.0903. The molecule has 0 atom stereocenters. The fourth-order valence-electron chi connectivity index (χ4n) is 3.53. The van der Waals surface area contributed by atoms with E-state index < -0.39 is 16.1 Å². The average molecular weight is 459 g/mol. The fraction of sp³-hybridized carbons (Fsp3) is 0.529. The molecule has 3 rings (SSSR count). The zero-order valence-corrected chi connectivity index (χ0v) is 17.3. The first-order valence-corrected chi connectivity index (χ1v) is 11.1. The Morgan fingerprint density at radius 1 is 1.00 bits per heavy atom. The SMILES string of the molecule is NC(=O)N1CCC(C(=O)N2CCN(S(=O)(=O)c3cccc(Br)c3)CC2)CC1. The lowest BCUT2D eigenvalue weighted by Crippen LogP contribution is -2.53. The Kier molecular flexibility index (Phi) is 6.07. The molecule has 2 aliphatic rings. The standard InChI is InChI=1S/C17H23BrN4O4S/c18-14-2-1-3-15(12-14)27(25,26)22-10-8-20(9-11-22)16(23)13-4-6-21(7-5-13)17(19)24/h1-3,12-13H,4-11H2,(H2,19,24). The van der Waals surface area contributed by atoms with Gasteiger partial charge in [0.05, 0.1) is 4.90 Å². The lowest BCUT2D eigenvalue weighted by Gasteiger charge is -2.37. The highest BCUT2D eigenvalue weighted by Crippen LogP contribution is 2.23. The third-order valence-corrected chi connectivity index (χ3v) is 7.53. The molecule has 8 nitrogen and oxygen atoms in total. The molecule has 2 saturated heterocycles. The first-order valence-electron chi connectivity index (χ1n) is 8.88. The molecule has 3 amide bonds. The molecule has 148 valence electrons. The summed E-state index contributed by atoms with van der Waals surface area (Å²) in [6.45, 7) is 2.29. The number of nitrogens with zero attached hydrogens (tertiary/aromatic N) is 3. The van der Waals surface area contributed by atoms with Crippen molar-refractivity contribution in [3.05, 3.63) is 28.7 Å². The maximum absolute atomic E-state index is 12.8. The van der Waals surface area contributed by atoms with Crippen LogP contribution < -0.4 is 5.73 Å². The van der Waals surface area contributed by atoms with Crippen LogP contribution in [0.5, 0.6) is 0 Å². The van der Waals surface area contributed by atoms with Crippen molar-refractivity contribution >= 4 is 37.9 Å². The Bertz CT molecular complexity index is 816. The van der Waals surface area contributed by atoms with E-state index in [9.17, 15) is 18.0 Å². The first-order chi connectivity index (χ1) is 12.8. The number of benzene rings is 1. The molecule has 0 aliphatic carbocycles. The molecule has 2 heterocycles. The molecule has 10 heteroatoms. The van der Waals surface area contributed by atoms with Gasteiger partial charge in [0, 0.05) is 49.7 Å². The average Bonchev–Trinajstić information content (AvgIpc) is 2.67. The number of hydrogen-bond donors (Lipinski definition) is 1. The van der Waals surface area contributed by atoms with Crippen molar-refractivity contribution < 1.29 is 18.0 Å². The number of hydrogen-bond acceptors (Lipinski definition) is 4. The number of likely N-dealkylation sites (tertiary alicyclic amines) is 1. The van der Waals surface area contributed by atoms with Gasteiger partial charge >= 0.3 is 6.03 Å². The number of primary amides is 1. The van der Waals surface area contributed by atoms with Crippen molar-refractivity contribution in [2.75, 3.05) is 39.3 Å². The van der Waals surface area contributed by atoms with Gasteiger partial charge in [-0.3, -0.25) is 4.79 Å². The van der Waals surface area contributed by atoms with E-state index in [0.29, 0.717) is 43.5 Å². The van der Waals surface area contributed by atoms with Crippen LogP contribution in [-0.4, -0.2) is 73.7 Å². The number of carbonyl (C=O) groups is 2. The van der Waals surface area contributed by atoms with E-state index in [1.807, 2.05) is 0 Å². The molecule has 0 saturated carbocycles. The maximum atomic E-state index is 12.8. The van der Waals surface area contributed by atoms with E-state index in [1.54, 1.807) is 34.1 Å². The summed E-state index contributed by atoms with van der Waals surface area (Å²) in [7, 11) is -3.57. The van der Waals surface area contributed by atoms with Gasteiger partial charge in [-0.2, -0.15) is 4.31 Å². The number of amides is 3. The van der Waals surface area contributed by atoms with Gasteiger partial charge in [0.1, 0.15) is 0 Å². The van der Waals surface area contributed by atoms with Crippen LogP contribution in [0.3, 0.4) is 0 Å². The minimum absolute atomic E-state index is 0.0404. The highest BCUT2D eigenvalue weighted by atomic mass is 79.9. The smallest absolute Gasteiger partial charge is 0.314 e. The summed E-state index contributed by atoms with van der Waals surface area (Å²) in [6, 6.07) is 6.17. The molecule has 0 aromatic heterocycles. The van der Waals surface area contributed by atoms with Gasteiger partial charge in [-0.15, -0.1) is 0 Å². The van der Waals surface area contributed by atoms with Crippen LogP contribution in [0, 0.1) is 5.92 Å². The molecule has 0 radical (unpaired) electrons. The number of nitrogens with two attached hydrogens (primary N) is 1. The predicted molar refractivity (Wildman–Crippen MR) is 103 cm³/mol. The number of urea groups is 1. The molecular formula is C17H23BrN4O4S. The highest BCUT2D eigenvalue weighted by molar-refractivity contribution is 9.10. The summed E-state index contributed by atoms with van der Waals surface area (Å²) in [5.41, 5.74) is 5.27. The van der Waals surface area contributed by atoms with Crippen LogP contribution >= 0.6 is 15.9 Å². The first kappa shape index (κ1) is 20.1. The van der Waals surface area contributed by atoms with Crippen molar-refractivity contribution in [3.63, 3.8) is 0 Å². The van der Waals surface area contributed by atoms with Crippen molar-refractivity contribution in [1.82, 2.24) is 14.1 Å². The van der Waals surface area contributed by atoms with Crippen LogP contribution in [0.25, 0.3) is 0 Å². The van der Waals surface area contributed by atoms with E-state index >= 15 is 0 Å². The zero-order chi connectivity index (χ0) is 19.6. The Hall–Kier alpha value is -1.65. The number of halogens is 1. The molecule has 2 fully saturated rings. The van der Waals surface area contributed by atoms with Gasteiger partial charge in [0.15, 0.2) is 0 Å². The van der Waals surface area contributed by atoms with Crippen molar-refractivity contribution in [2.24, 2.45) is 11.7 Å². The quantitative estimate of drug-likeness (QED) is 0.731. The third kappa shape index (κ3) is 4.44. The third-order valence-electron chi connectivity index (χ3n) is 5.14. The number of carbonyl (C=O) groups excluding carboxylic acids is 2. The molecule has 27 heavy (non-hydrogen) atoms. The fourth-order valence-corrected chi connectivity index (χ4v) is 5.55. The monoisotopic (exact) mass is 458 g/mol. The zero-order valence-electron chi connectivity index (χ0n) is 14.9. The van der Waals surface area contributed by atoms with E-state index in [2.05, 4.69) is 15.9 Å². The number of rotatable bonds is 3. The molecule has 0 spiro atoms. The van der Waals surface area contributed by atoms with Gasteiger partial charge in [-0.05, 0) is 31.0 Å². The summed E-state index contributed by atoms with van der Waals surface area (Å²) in [6.07, 6.45) is 1.19. The second-order valence-corrected chi connectivity index (χ2v) is 9.64. The van der Waals surface area contributed by atoms with E-state index in [1.165, 1.54) is 4.31 Å². The molecule has 0 bridgehead atoms. The van der Waals surface area contributed by atoms with Crippen molar-refractivity contribution in [1.29, 1.82) is 0 Å². The molecule has 1 aromatic rings. The molecule has 2 aliphatic heterocycles. The van der Waals surface area contributed by atoms with E-state index in [4.69, 9.17) is 5.73 Å². The van der Waals surface area contributed by atoms with Crippen LogP contribution in [-0.2, 0) is 14.8 Å². The van der Waals surface area contributed by atoms with Crippen molar-refractivity contribution in [2.45, 2.75) is 17.7 Å². The predicted octanol–water partition coefficient (Wildman–Crippen LogP) is 1.07. The summed E-state index contributed by atoms with van der Waals surface area (Å²) in [4.78, 5) is 27.4. The normalized spacial score (nSPS) is 19.9. The molecule has 2 N–H and O–H groups in total. The number of piperidine rings is 1. The van der Waals surface area contributed by atoms with Gasteiger partial charge < -0.3 is 15.5 Å². The van der Waals surface area contributed by atoms with Gasteiger partial charge in [-0.25, -0.2) is 13.2 Å². The highest BCUT2D eigenvalue weighted by Gasteiger charge is 2.34. The summed E-state index contributed by atoms with van der Waals surface area (Å²) in [5, 5.41) is 0. The number of sulfonamides is 1. The Morgan fingerprint density at radius 2 is 1.63 bits per heavy atom. The van der Waals surface area contributed by atoms with Crippen molar-refractivity contribution in [3.8, 4) is 0 Å². The summed E-state index contributed by atoms with van der Waals surface area (Å²) >= 11 is 3.30. The Morgan fingerprint density at radius 3 is 2.19 bits per heavy atom. The second-order valence-electron chi connectivity index (χ2n) is 6.79. The molecule has 1 aromatic carbocycles. The largest absolute Gasteiger partial charge is 0.351 e. The van der Waals surface area contributed by atoms with Gasteiger partial charge in [-0.1, -0.05) is 22.0 Å². The minimum atomic E-state index is -3.57. The topological polar surface area (TPSA) is 104 Å². The van der Waals surface area contributed by atoms with Gasteiger partial charge in [0.2, 0.25) is 15.9 Å². The van der Waals surface area contributed by atoms with E-state index in [-0.39, 0.29) is 29.8 Å². The maximum Gasteiger partial charge on any atom is 0.314 e. The van der Waals surface area contributed by atoms with Gasteiger partial charge in [0.25, 0.3) is 0 Å². The van der Waals surface area contributed by atoms with Crippen LogP contribution in [0.4, 0.5) is 4.79 Å². The second kappa shape index (κ2) is 8.15. The summed E-state index contributed by atoms with van der Waals surface area (Å²) < 4.78 is 27.7. The van der Waals surface area contributed by atoms with Crippen LogP contribution in [0.1, 0.15) is 12.8 Å². The molecule has 0 unspecified atom stereocenters. The van der Waals surface area contributed by atoms with Crippen LogP contribution in [0.2, 0.25) is 0 Å².